The third-order valence-corrected chi connectivity index (χ3v) is 3.24. The molecule has 7 heteroatoms. The van der Waals surface area contributed by atoms with Crippen LogP contribution in [0, 0.1) is 0 Å². The summed E-state index contributed by atoms with van der Waals surface area (Å²) >= 11 is 6.32. The van der Waals surface area contributed by atoms with Gasteiger partial charge < -0.3 is 19.7 Å². The molecule has 20 heavy (non-hydrogen) atoms. The van der Waals surface area contributed by atoms with Crippen molar-refractivity contribution in [2.24, 2.45) is 5.73 Å². The maximum atomic E-state index is 6.32. The number of aromatic nitrogens is 2. The lowest BCUT2D eigenvalue weighted by Crippen LogP contribution is -2.00. The van der Waals surface area contributed by atoms with Crippen molar-refractivity contribution in [2.45, 2.75) is 19.9 Å². The predicted octanol–water partition coefficient (Wildman–Crippen LogP) is 2.43. The number of hydrogen-bond donors (Lipinski definition) is 1. The van der Waals surface area contributed by atoms with E-state index in [1.807, 2.05) is 6.92 Å². The Morgan fingerprint density at radius 1 is 1.35 bits per heavy atom. The van der Waals surface area contributed by atoms with E-state index in [1.54, 1.807) is 20.3 Å². The van der Waals surface area contributed by atoms with Crippen molar-refractivity contribution < 1.29 is 14.0 Å². The number of halogens is 1. The fourth-order valence-corrected chi connectivity index (χ4v) is 2.35. The van der Waals surface area contributed by atoms with Gasteiger partial charge >= 0.3 is 0 Å². The molecule has 0 bridgehead atoms. The summed E-state index contributed by atoms with van der Waals surface area (Å²) in [6.07, 6.45) is 0.682. The molecule has 0 saturated heterocycles. The van der Waals surface area contributed by atoms with E-state index in [4.69, 9.17) is 31.3 Å². The van der Waals surface area contributed by atoms with Crippen molar-refractivity contribution in [3.05, 3.63) is 22.5 Å². The molecule has 2 aromatic rings. The maximum absolute atomic E-state index is 6.32. The Morgan fingerprint density at radius 3 is 2.60 bits per heavy atom. The van der Waals surface area contributed by atoms with Crippen LogP contribution in [-0.4, -0.2) is 24.4 Å². The molecular formula is C13H16ClN3O3. The normalized spacial score (nSPS) is 10.7. The molecule has 0 radical (unpaired) electrons. The van der Waals surface area contributed by atoms with Gasteiger partial charge in [-0.15, -0.1) is 0 Å². The van der Waals surface area contributed by atoms with Gasteiger partial charge in [0.2, 0.25) is 11.7 Å². The second kappa shape index (κ2) is 6.11. The molecular weight excluding hydrogens is 282 g/mol. The topological polar surface area (TPSA) is 83.4 Å². The summed E-state index contributed by atoms with van der Waals surface area (Å²) in [4.78, 5) is 4.22. The lowest BCUT2D eigenvalue weighted by Gasteiger charge is -2.15. The van der Waals surface area contributed by atoms with Crippen molar-refractivity contribution in [3.63, 3.8) is 0 Å². The minimum absolute atomic E-state index is 0.180. The Morgan fingerprint density at radius 2 is 2.10 bits per heavy atom. The van der Waals surface area contributed by atoms with Crippen LogP contribution >= 0.6 is 11.6 Å². The van der Waals surface area contributed by atoms with Crippen LogP contribution < -0.4 is 15.2 Å². The molecule has 0 fully saturated rings. The molecule has 1 aromatic carbocycles. The van der Waals surface area contributed by atoms with Crippen molar-refractivity contribution in [1.82, 2.24) is 10.1 Å². The number of nitrogens with zero attached hydrogens (tertiary/aromatic N) is 2. The second-order valence-corrected chi connectivity index (χ2v) is 4.42. The molecule has 6 nitrogen and oxygen atoms in total. The van der Waals surface area contributed by atoms with E-state index >= 15 is 0 Å². The minimum Gasteiger partial charge on any atom is -0.493 e. The molecule has 0 aliphatic carbocycles. The van der Waals surface area contributed by atoms with Gasteiger partial charge in [0, 0.05) is 17.2 Å². The maximum Gasteiger partial charge on any atom is 0.240 e. The highest BCUT2D eigenvalue weighted by molar-refractivity contribution is 6.33. The third-order valence-electron chi connectivity index (χ3n) is 2.94. The van der Waals surface area contributed by atoms with Crippen LogP contribution in [0.5, 0.6) is 11.5 Å². The van der Waals surface area contributed by atoms with Crippen molar-refractivity contribution in [1.29, 1.82) is 0 Å². The van der Waals surface area contributed by atoms with Gasteiger partial charge in [-0.2, -0.15) is 4.98 Å². The van der Waals surface area contributed by atoms with E-state index in [2.05, 4.69) is 10.1 Å². The van der Waals surface area contributed by atoms with Crippen molar-refractivity contribution in [3.8, 4) is 22.9 Å². The van der Waals surface area contributed by atoms with Crippen LogP contribution in [0.2, 0.25) is 5.02 Å². The summed E-state index contributed by atoms with van der Waals surface area (Å²) in [6.45, 7) is 2.17. The molecule has 108 valence electrons. The molecule has 1 aromatic heterocycles. The van der Waals surface area contributed by atoms with Gasteiger partial charge in [0.05, 0.1) is 25.8 Å². The van der Waals surface area contributed by atoms with E-state index in [0.717, 1.165) is 5.56 Å². The molecule has 1 heterocycles. The summed E-state index contributed by atoms with van der Waals surface area (Å²) in [7, 11) is 3.14. The highest BCUT2D eigenvalue weighted by Crippen LogP contribution is 2.42. The summed E-state index contributed by atoms with van der Waals surface area (Å²) in [5, 5.41) is 4.39. The molecule has 0 atom stereocenters. The number of hydrogen-bond acceptors (Lipinski definition) is 6. The number of ether oxygens (including phenoxy) is 2. The molecule has 2 rings (SSSR count). The first kappa shape index (κ1) is 14.6. The van der Waals surface area contributed by atoms with Gasteiger partial charge in [0.15, 0.2) is 11.5 Å². The van der Waals surface area contributed by atoms with Crippen molar-refractivity contribution >= 4 is 11.6 Å². The van der Waals surface area contributed by atoms with E-state index < -0.39 is 0 Å². The largest absolute Gasteiger partial charge is 0.493 e. The first-order valence-corrected chi connectivity index (χ1v) is 6.50. The van der Waals surface area contributed by atoms with Crippen LogP contribution in [0.1, 0.15) is 18.4 Å². The van der Waals surface area contributed by atoms with E-state index in [9.17, 15) is 0 Å². The smallest absolute Gasteiger partial charge is 0.240 e. The van der Waals surface area contributed by atoms with Crippen molar-refractivity contribution in [2.75, 3.05) is 14.2 Å². The van der Waals surface area contributed by atoms with Gasteiger partial charge in [-0.25, -0.2) is 0 Å². The van der Waals surface area contributed by atoms with Crippen LogP contribution in [0.25, 0.3) is 11.4 Å². The van der Waals surface area contributed by atoms with E-state index in [-0.39, 0.29) is 6.54 Å². The minimum atomic E-state index is 0.180. The zero-order valence-electron chi connectivity index (χ0n) is 11.6. The Kier molecular flexibility index (Phi) is 4.46. The summed E-state index contributed by atoms with van der Waals surface area (Å²) < 4.78 is 15.7. The van der Waals surface area contributed by atoms with Gasteiger partial charge in [0.1, 0.15) is 0 Å². The Balaban J connectivity index is 2.68. The molecule has 0 saturated carbocycles. The first-order chi connectivity index (χ1) is 9.65. The number of rotatable bonds is 5. The molecule has 0 amide bonds. The fourth-order valence-electron chi connectivity index (χ4n) is 2.05. The van der Waals surface area contributed by atoms with Crippen LogP contribution in [0.3, 0.4) is 0 Å². The van der Waals surface area contributed by atoms with E-state index in [0.29, 0.717) is 40.2 Å². The van der Waals surface area contributed by atoms with Gasteiger partial charge in [0.25, 0.3) is 0 Å². The van der Waals surface area contributed by atoms with Gasteiger partial charge in [-0.3, -0.25) is 0 Å². The lowest BCUT2D eigenvalue weighted by atomic mass is 10.0. The number of benzene rings is 1. The number of methoxy groups -OCH3 is 2. The van der Waals surface area contributed by atoms with Gasteiger partial charge in [-0.05, 0) is 6.42 Å². The average Bonchev–Trinajstić information content (AvgIpc) is 2.94. The van der Waals surface area contributed by atoms with Crippen LogP contribution in [0.4, 0.5) is 0 Å². The quantitative estimate of drug-likeness (QED) is 0.912. The van der Waals surface area contributed by atoms with E-state index in [1.165, 1.54) is 0 Å². The summed E-state index contributed by atoms with van der Waals surface area (Å²) in [6, 6.07) is 1.67. The third kappa shape index (κ3) is 2.44. The second-order valence-electron chi connectivity index (χ2n) is 4.02. The van der Waals surface area contributed by atoms with Gasteiger partial charge in [-0.1, -0.05) is 23.7 Å². The Bertz CT molecular complexity index is 613. The molecule has 0 spiro atoms. The summed E-state index contributed by atoms with van der Waals surface area (Å²) in [5.74, 6) is 1.94. The van der Waals surface area contributed by atoms with Crippen LogP contribution in [-0.2, 0) is 13.0 Å². The molecule has 2 N–H and O–H groups in total. The Labute approximate surface area is 121 Å². The number of nitrogens with two attached hydrogens (primary N) is 1. The standard InChI is InChI=1S/C13H16ClN3O3/c1-4-7-11(13-16-10(6-15)20-17-13)8(14)5-9(18-2)12(7)19-3/h5H,4,6,15H2,1-3H3. The fraction of sp³-hybridized carbons (Fsp3) is 0.385. The Hall–Kier alpha value is -1.79. The monoisotopic (exact) mass is 297 g/mol. The summed E-state index contributed by atoms with van der Waals surface area (Å²) in [5.41, 5.74) is 7.02. The van der Waals surface area contributed by atoms with Crippen LogP contribution in [0.15, 0.2) is 10.6 Å². The zero-order chi connectivity index (χ0) is 14.7. The predicted molar refractivity (Wildman–Crippen MR) is 75.1 cm³/mol. The average molecular weight is 298 g/mol. The highest BCUT2D eigenvalue weighted by Gasteiger charge is 2.22. The molecule has 0 unspecified atom stereocenters. The molecule has 0 aliphatic rings. The zero-order valence-corrected chi connectivity index (χ0v) is 12.3. The lowest BCUT2D eigenvalue weighted by molar-refractivity contribution is 0.352. The first-order valence-electron chi connectivity index (χ1n) is 6.12. The molecule has 0 aliphatic heterocycles. The SMILES string of the molecule is CCc1c(OC)c(OC)cc(Cl)c1-c1noc(CN)n1. The highest BCUT2D eigenvalue weighted by atomic mass is 35.5.